The third-order valence-electron chi connectivity index (χ3n) is 3.42. The number of hydrogen-bond acceptors (Lipinski definition) is 6. The maximum Gasteiger partial charge on any atom is 0.216 e. The molecule has 0 radical (unpaired) electrons. The van der Waals surface area contributed by atoms with Crippen LogP contribution in [0.1, 0.15) is 21.7 Å². The number of nitriles is 1. The highest BCUT2D eigenvalue weighted by molar-refractivity contribution is 6.35. The molecule has 0 amide bonds. The molecule has 1 aromatic heterocycles. The van der Waals surface area contributed by atoms with Crippen molar-refractivity contribution in [2.75, 3.05) is 5.32 Å². The van der Waals surface area contributed by atoms with E-state index < -0.39 is 0 Å². The van der Waals surface area contributed by atoms with Crippen molar-refractivity contribution in [1.29, 1.82) is 5.26 Å². The molecule has 0 saturated heterocycles. The highest BCUT2D eigenvalue weighted by Gasteiger charge is 2.17. The molecule has 2 aromatic carbocycles. The first-order valence-electron chi connectivity index (χ1n) is 7.29. The zero-order valence-electron chi connectivity index (χ0n) is 13.1. The zero-order valence-corrected chi connectivity index (χ0v) is 14.6. The first kappa shape index (κ1) is 17.6. The second kappa shape index (κ2) is 7.78. The largest absolute Gasteiger partial charge is 0.360 e. The maximum absolute atomic E-state index is 12.9. The number of benzene rings is 2. The van der Waals surface area contributed by atoms with Gasteiger partial charge in [-0.1, -0.05) is 35.3 Å². The van der Waals surface area contributed by atoms with E-state index in [1.165, 1.54) is 12.3 Å². The smallest absolute Gasteiger partial charge is 0.216 e. The first-order chi connectivity index (χ1) is 12.6. The van der Waals surface area contributed by atoms with Gasteiger partial charge in [0.1, 0.15) is 11.6 Å². The van der Waals surface area contributed by atoms with Gasteiger partial charge >= 0.3 is 0 Å². The van der Waals surface area contributed by atoms with Gasteiger partial charge in [-0.2, -0.15) is 10.5 Å². The molecule has 3 aromatic rings. The average Bonchev–Trinajstić information content (AvgIpc) is 3.17. The molecule has 0 fully saturated rings. The Labute approximate surface area is 158 Å². The van der Waals surface area contributed by atoms with Crippen molar-refractivity contribution >= 4 is 40.2 Å². The lowest BCUT2D eigenvalue weighted by Crippen LogP contribution is -2.06. The Morgan fingerprint density at radius 2 is 2.00 bits per heavy atom. The second-order valence-corrected chi connectivity index (χ2v) is 5.89. The number of aromatic nitrogens is 4. The summed E-state index contributed by atoms with van der Waals surface area (Å²) < 4.78 is 0. The average molecular weight is 385 g/mol. The highest BCUT2D eigenvalue weighted by Crippen LogP contribution is 2.27. The number of hydrogen-bond donors (Lipinski definition) is 2. The van der Waals surface area contributed by atoms with E-state index in [-0.39, 0.29) is 17.2 Å². The summed E-state index contributed by atoms with van der Waals surface area (Å²) in [5.41, 5.74) is 1.26. The summed E-state index contributed by atoms with van der Waals surface area (Å²) in [6.45, 7) is 0. The topological polar surface area (TPSA) is 107 Å². The normalized spacial score (nSPS) is 11.0. The molecule has 0 bridgehead atoms. The molecular formula is C17H10Cl2N6O. The van der Waals surface area contributed by atoms with Crippen LogP contribution in [0, 0.1) is 11.3 Å². The number of carbonyl (C=O) groups is 1. The van der Waals surface area contributed by atoms with Crippen molar-refractivity contribution in [2.45, 2.75) is 0 Å². The zero-order chi connectivity index (χ0) is 18.5. The summed E-state index contributed by atoms with van der Waals surface area (Å²) in [5.74, 6) is -0.167. The lowest BCUT2D eigenvalue weighted by molar-refractivity contribution is 0.103. The summed E-state index contributed by atoms with van der Waals surface area (Å²) >= 11 is 12.2. The Morgan fingerprint density at radius 1 is 1.19 bits per heavy atom. The van der Waals surface area contributed by atoms with Gasteiger partial charge in [-0.3, -0.25) is 4.79 Å². The van der Waals surface area contributed by atoms with Crippen LogP contribution in [0.2, 0.25) is 10.0 Å². The van der Waals surface area contributed by atoms with Crippen LogP contribution in [-0.4, -0.2) is 26.4 Å². The van der Waals surface area contributed by atoms with Crippen LogP contribution in [0.5, 0.6) is 0 Å². The van der Waals surface area contributed by atoms with Crippen LogP contribution >= 0.6 is 23.2 Å². The number of allylic oxidation sites excluding steroid dienone is 1. The monoisotopic (exact) mass is 384 g/mol. The van der Waals surface area contributed by atoms with Gasteiger partial charge in [0, 0.05) is 28.0 Å². The van der Waals surface area contributed by atoms with E-state index in [4.69, 9.17) is 23.2 Å². The standard InChI is InChI=1S/C17H10Cl2N6O/c18-11-5-6-15(21-9-10(8-20)17-22-24-25-23-17)13(7-11)16(26)12-3-1-2-4-14(12)19/h1-7,9,21H,(H,22,23,24,25). The molecule has 128 valence electrons. The molecule has 0 unspecified atom stereocenters. The van der Waals surface area contributed by atoms with E-state index in [0.717, 1.165) is 0 Å². The SMILES string of the molecule is N#CC(=CNc1ccc(Cl)cc1C(=O)c1ccccc1Cl)c1nn[nH]n1. The minimum Gasteiger partial charge on any atom is -0.360 e. The fourth-order valence-corrected chi connectivity index (χ4v) is 2.59. The summed E-state index contributed by atoms with van der Waals surface area (Å²) in [6, 6.07) is 13.5. The van der Waals surface area contributed by atoms with E-state index in [2.05, 4.69) is 25.9 Å². The quantitative estimate of drug-likeness (QED) is 0.512. The van der Waals surface area contributed by atoms with Gasteiger partial charge in [-0.25, -0.2) is 0 Å². The number of H-pyrrole nitrogens is 1. The van der Waals surface area contributed by atoms with Gasteiger partial charge in [-0.05, 0) is 35.5 Å². The Kier molecular flexibility index (Phi) is 5.27. The molecule has 1 heterocycles. The predicted molar refractivity (Wildman–Crippen MR) is 97.7 cm³/mol. The molecular weight excluding hydrogens is 375 g/mol. The van der Waals surface area contributed by atoms with E-state index in [0.29, 0.717) is 26.9 Å². The van der Waals surface area contributed by atoms with Crippen LogP contribution in [0.15, 0.2) is 48.7 Å². The number of carbonyl (C=O) groups excluding carboxylic acids is 1. The summed E-state index contributed by atoms with van der Waals surface area (Å²) in [6.07, 6.45) is 1.39. The van der Waals surface area contributed by atoms with Crippen molar-refractivity contribution in [3.05, 3.63) is 75.7 Å². The number of tetrazole rings is 1. The third kappa shape index (κ3) is 3.72. The molecule has 0 saturated carbocycles. The molecule has 7 nitrogen and oxygen atoms in total. The fraction of sp³-hybridized carbons (Fsp3) is 0. The number of halogens is 2. The Balaban J connectivity index is 1.98. The van der Waals surface area contributed by atoms with Gasteiger partial charge < -0.3 is 5.32 Å². The van der Waals surface area contributed by atoms with Crippen molar-refractivity contribution in [3.63, 3.8) is 0 Å². The van der Waals surface area contributed by atoms with Crippen molar-refractivity contribution in [2.24, 2.45) is 0 Å². The number of ketones is 1. The van der Waals surface area contributed by atoms with Crippen LogP contribution < -0.4 is 5.32 Å². The molecule has 2 N–H and O–H groups in total. The van der Waals surface area contributed by atoms with Crippen LogP contribution in [0.4, 0.5) is 5.69 Å². The van der Waals surface area contributed by atoms with Gasteiger partial charge in [-0.15, -0.1) is 10.2 Å². The van der Waals surface area contributed by atoms with E-state index in [1.54, 1.807) is 36.4 Å². The van der Waals surface area contributed by atoms with E-state index >= 15 is 0 Å². The molecule has 0 aliphatic rings. The number of aromatic amines is 1. The number of nitrogens with zero attached hydrogens (tertiary/aromatic N) is 4. The predicted octanol–water partition coefficient (Wildman–Crippen LogP) is 3.71. The summed E-state index contributed by atoms with van der Waals surface area (Å²) in [5, 5.41) is 26.1. The second-order valence-electron chi connectivity index (χ2n) is 5.05. The van der Waals surface area contributed by atoms with Gasteiger partial charge in [0.2, 0.25) is 5.82 Å². The third-order valence-corrected chi connectivity index (χ3v) is 3.99. The highest BCUT2D eigenvalue weighted by atomic mass is 35.5. The minimum atomic E-state index is -0.299. The Hall–Kier alpha value is -3.21. The Bertz CT molecular complexity index is 1020. The van der Waals surface area contributed by atoms with Crippen LogP contribution in [0.25, 0.3) is 5.57 Å². The van der Waals surface area contributed by atoms with Crippen LogP contribution in [0.3, 0.4) is 0 Å². The van der Waals surface area contributed by atoms with E-state index in [9.17, 15) is 10.1 Å². The lowest BCUT2D eigenvalue weighted by atomic mass is 10.0. The lowest BCUT2D eigenvalue weighted by Gasteiger charge is -2.10. The molecule has 26 heavy (non-hydrogen) atoms. The molecule has 0 atom stereocenters. The van der Waals surface area contributed by atoms with Crippen LogP contribution in [-0.2, 0) is 0 Å². The maximum atomic E-state index is 12.9. The number of nitrogens with one attached hydrogen (secondary N) is 2. The first-order valence-corrected chi connectivity index (χ1v) is 8.05. The molecule has 3 rings (SSSR count). The van der Waals surface area contributed by atoms with Gasteiger partial charge in [0.05, 0.1) is 5.02 Å². The van der Waals surface area contributed by atoms with E-state index in [1.807, 2.05) is 6.07 Å². The van der Waals surface area contributed by atoms with Crippen molar-refractivity contribution < 1.29 is 4.79 Å². The Morgan fingerprint density at radius 3 is 2.69 bits per heavy atom. The number of rotatable bonds is 5. The molecule has 0 aliphatic carbocycles. The van der Waals surface area contributed by atoms with Crippen molar-refractivity contribution in [1.82, 2.24) is 20.6 Å². The summed E-state index contributed by atoms with van der Waals surface area (Å²) in [4.78, 5) is 12.9. The van der Waals surface area contributed by atoms with Gasteiger partial charge in [0.15, 0.2) is 5.78 Å². The molecule has 0 aliphatic heterocycles. The number of anilines is 1. The summed E-state index contributed by atoms with van der Waals surface area (Å²) in [7, 11) is 0. The van der Waals surface area contributed by atoms with Crippen molar-refractivity contribution in [3.8, 4) is 6.07 Å². The fourth-order valence-electron chi connectivity index (χ4n) is 2.19. The molecule has 0 spiro atoms. The molecule has 9 heteroatoms. The minimum absolute atomic E-state index is 0.132. The van der Waals surface area contributed by atoms with Gasteiger partial charge in [0.25, 0.3) is 0 Å².